The summed E-state index contributed by atoms with van der Waals surface area (Å²) in [6.45, 7) is 6.64. The van der Waals surface area contributed by atoms with E-state index in [2.05, 4.69) is 28.8 Å². The third-order valence-electron chi connectivity index (χ3n) is 3.64. The van der Waals surface area contributed by atoms with E-state index >= 15 is 0 Å². The van der Waals surface area contributed by atoms with E-state index in [0.29, 0.717) is 6.04 Å². The third-order valence-corrected chi connectivity index (χ3v) is 3.87. The van der Waals surface area contributed by atoms with E-state index in [4.69, 9.17) is 11.6 Å². The number of hydrogen-bond acceptors (Lipinski definition) is 3. The van der Waals surface area contributed by atoms with Crippen LogP contribution in [0.25, 0.3) is 0 Å². The second kappa shape index (κ2) is 6.50. The molecule has 1 aliphatic heterocycles. The molecular weight excluding hydrogens is 246 g/mol. The highest BCUT2D eigenvalue weighted by molar-refractivity contribution is 6.30. The normalized spacial score (nSPS) is 20.8. The number of likely N-dealkylation sites (tertiary alicyclic amines) is 1. The van der Waals surface area contributed by atoms with Crippen LogP contribution in [0.2, 0.25) is 5.02 Å². The van der Waals surface area contributed by atoms with Crippen LogP contribution in [-0.4, -0.2) is 47.5 Å². The Labute approximate surface area is 115 Å². The molecule has 1 aromatic heterocycles. The fourth-order valence-electron chi connectivity index (χ4n) is 2.75. The minimum atomic E-state index is 0.708. The van der Waals surface area contributed by atoms with Gasteiger partial charge in [0, 0.05) is 30.4 Å². The first-order valence-electron chi connectivity index (χ1n) is 6.72. The Bertz CT molecular complexity index is 383. The van der Waals surface area contributed by atoms with E-state index < -0.39 is 0 Å². The molecule has 4 heteroatoms. The third kappa shape index (κ3) is 3.67. The topological polar surface area (TPSA) is 19.4 Å². The van der Waals surface area contributed by atoms with Gasteiger partial charge in [-0.2, -0.15) is 0 Å². The standard InChI is InChI=1S/C14H22ClN3/c1-3-18-8-4-5-14(18)11-17(2)10-13-9-12(15)6-7-16-13/h6-7,9,14H,3-5,8,10-11H2,1-2H3. The SMILES string of the molecule is CCN1CCCC1CN(C)Cc1cc(Cl)ccn1. The Morgan fingerprint density at radius 1 is 1.56 bits per heavy atom. The molecule has 18 heavy (non-hydrogen) atoms. The monoisotopic (exact) mass is 267 g/mol. The van der Waals surface area contributed by atoms with Crippen molar-refractivity contribution in [3.8, 4) is 0 Å². The van der Waals surface area contributed by atoms with Gasteiger partial charge < -0.3 is 0 Å². The summed E-state index contributed by atoms with van der Waals surface area (Å²) in [4.78, 5) is 9.27. The Balaban J connectivity index is 1.86. The lowest BCUT2D eigenvalue weighted by Crippen LogP contribution is -2.38. The predicted molar refractivity (Wildman–Crippen MR) is 75.9 cm³/mol. The van der Waals surface area contributed by atoms with Crippen molar-refractivity contribution in [3.63, 3.8) is 0 Å². The van der Waals surface area contributed by atoms with E-state index in [-0.39, 0.29) is 0 Å². The lowest BCUT2D eigenvalue weighted by atomic mass is 10.2. The molecule has 0 aromatic carbocycles. The zero-order valence-corrected chi connectivity index (χ0v) is 12.0. The van der Waals surface area contributed by atoms with Crippen molar-refractivity contribution in [2.75, 3.05) is 26.7 Å². The van der Waals surface area contributed by atoms with Crippen molar-refractivity contribution < 1.29 is 0 Å². The summed E-state index contributed by atoms with van der Waals surface area (Å²) in [5, 5.41) is 0.768. The first kappa shape index (κ1) is 13.8. The summed E-state index contributed by atoms with van der Waals surface area (Å²) in [7, 11) is 2.16. The molecule has 1 unspecified atom stereocenters. The number of nitrogens with zero attached hydrogens (tertiary/aromatic N) is 3. The van der Waals surface area contributed by atoms with Crippen LogP contribution in [-0.2, 0) is 6.54 Å². The van der Waals surface area contributed by atoms with Crippen LogP contribution in [0.4, 0.5) is 0 Å². The molecule has 0 saturated carbocycles. The smallest absolute Gasteiger partial charge is 0.0558 e. The second-order valence-corrected chi connectivity index (χ2v) is 5.52. The first-order valence-corrected chi connectivity index (χ1v) is 7.10. The molecule has 1 saturated heterocycles. The van der Waals surface area contributed by atoms with Crippen LogP contribution in [0.5, 0.6) is 0 Å². The summed E-state index contributed by atoms with van der Waals surface area (Å²) < 4.78 is 0. The van der Waals surface area contributed by atoms with Gasteiger partial charge in [0.1, 0.15) is 0 Å². The molecule has 1 aliphatic rings. The van der Waals surface area contributed by atoms with Gasteiger partial charge in [-0.15, -0.1) is 0 Å². The molecule has 1 aromatic rings. The van der Waals surface area contributed by atoms with Crippen molar-refractivity contribution in [2.45, 2.75) is 32.4 Å². The number of aromatic nitrogens is 1. The van der Waals surface area contributed by atoms with Crippen molar-refractivity contribution >= 4 is 11.6 Å². The Kier molecular flexibility index (Phi) is 4.98. The minimum absolute atomic E-state index is 0.708. The molecule has 0 N–H and O–H groups in total. The molecule has 0 aliphatic carbocycles. The zero-order valence-electron chi connectivity index (χ0n) is 11.3. The molecule has 100 valence electrons. The molecule has 0 radical (unpaired) electrons. The molecule has 0 spiro atoms. The number of hydrogen-bond donors (Lipinski definition) is 0. The zero-order chi connectivity index (χ0) is 13.0. The molecule has 1 atom stereocenters. The Morgan fingerprint density at radius 2 is 2.39 bits per heavy atom. The van der Waals surface area contributed by atoms with Crippen molar-refractivity contribution in [3.05, 3.63) is 29.0 Å². The Morgan fingerprint density at radius 3 is 3.11 bits per heavy atom. The van der Waals surface area contributed by atoms with Gasteiger partial charge >= 0.3 is 0 Å². The van der Waals surface area contributed by atoms with E-state index in [1.165, 1.54) is 19.4 Å². The lowest BCUT2D eigenvalue weighted by Gasteiger charge is -2.27. The molecule has 2 heterocycles. The average Bonchev–Trinajstić information content (AvgIpc) is 2.76. The number of likely N-dealkylation sites (N-methyl/N-ethyl adjacent to an activating group) is 2. The van der Waals surface area contributed by atoms with Gasteiger partial charge in [0.15, 0.2) is 0 Å². The van der Waals surface area contributed by atoms with Gasteiger partial charge in [-0.05, 0) is 45.1 Å². The molecule has 3 nitrogen and oxygen atoms in total. The number of rotatable bonds is 5. The summed E-state index contributed by atoms with van der Waals surface area (Å²) in [5.41, 5.74) is 1.05. The van der Waals surface area contributed by atoms with E-state index in [1.54, 1.807) is 6.20 Å². The maximum Gasteiger partial charge on any atom is 0.0558 e. The highest BCUT2D eigenvalue weighted by Crippen LogP contribution is 2.18. The minimum Gasteiger partial charge on any atom is -0.299 e. The number of pyridine rings is 1. The molecule has 0 amide bonds. The van der Waals surface area contributed by atoms with Gasteiger partial charge in [0.2, 0.25) is 0 Å². The van der Waals surface area contributed by atoms with Gasteiger partial charge in [-0.1, -0.05) is 18.5 Å². The summed E-state index contributed by atoms with van der Waals surface area (Å²) in [5.74, 6) is 0. The summed E-state index contributed by atoms with van der Waals surface area (Å²) in [6, 6.07) is 4.48. The maximum atomic E-state index is 5.98. The fourth-order valence-corrected chi connectivity index (χ4v) is 2.94. The summed E-state index contributed by atoms with van der Waals surface area (Å²) in [6.07, 6.45) is 4.43. The van der Waals surface area contributed by atoms with Crippen LogP contribution >= 0.6 is 11.6 Å². The van der Waals surface area contributed by atoms with Gasteiger partial charge in [-0.25, -0.2) is 0 Å². The molecule has 0 bridgehead atoms. The quantitative estimate of drug-likeness (QED) is 0.818. The van der Waals surface area contributed by atoms with Crippen LogP contribution in [0.3, 0.4) is 0 Å². The average molecular weight is 268 g/mol. The first-order chi connectivity index (χ1) is 8.69. The van der Waals surface area contributed by atoms with Gasteiger partial charge in [-0.3, -0.25) is 14.8 Å². The molecule has 1 fully saturated rings. The second-order valence-electron chi connectivity index (χ2n) is 5.09. The van der Waals surface area contributed by atoms with Crippen LogP contribution in [0.1, 0.15) is 25.5 Å². The number of halogens is 1. The van der Waals surface area contributed by atoms with Gasteiger partial charge in [0.25, 0.3) is 0 Å². The van der Waals surface area contributed by atoms with E-state index in [0.717, 1.165) is 30.4 Å². The van der Waals surface area contributed by atoms with Crippen LogP contribution in [0, 0.1) is 0 Å². The maximum absolute atomic E-state index is 5.98. The van der Waals surface area contributed by atoms with E-state index in [9.17, 15) is 0 Å². The highest BCUT2D eigenvalue weighted by atomic mass is 35.5. The van der Waals surface area contributed by atoms with Crippen LogP contribution < -0.4 is 0 Å². The van der Waals surface area contributed by atoms with Gasteiger partial charge in [0.05, 0.1) is 5.69 Å². The predicted octanol–water partition coefficient (Wildman–Crippen LogP) is 2.65. The largest absolute Gasteiger partial charge is 0.299 e. The van der Waals surface area contributed by atoms with Crippen molar-refractivity contribution in [2.24, 2.45) is 0 Å². The highest BCUT2D eigenvalue weighted by Gasteiger charge is 2.23. The van der Waals surface area contributed by atoms with Crippen molar-refractivity contribution in [1.82, 2.24) is 14.8 Å². The van der Waals surface area contributed by atoms with Crippen molar-refractivity contribution in [1.29, 1.82) is 0 Å². The fraction of sp³-hybridized carbons (Fsp3) is 0.643. The lowest BCUT2D eigenvalue weighted by molar-refractivity contribution is 0.194. The molecular formula is C14H22ClN3. The molecule has 2 rings (SSSR count). The Hall–Kier alpha value is -0.640. The van der Waals surface area contributed by atoms with E-state index in [1.807, 2.05) is 12.1 Å². The van der Waals surface area contributed by atoms with Crippen LogP contribution in [0.15, 0.2) is 18.3 Å². The summed E-state index contributed by atoms with van der Waals surface area (Å²) >= 11 is 5.98.